The van der Waals surface area contributed by atoms with Crippen LogP contribution in [0.1, 0.15) is 24.8 Å². The van der Waals surface area contributed by atoms with E-state index in [1.807, 2.05) is 6.92 Å². The van der Waals surface area contributed by atoms with Crippen molar-refractivity contribution in [1.29, 1.82) is 0 Å². The molecular formula is C18H23N3O. The van der Waals surface area contributed by atoms with Crippen LogP contribution in [0.4, 0.5) is 0 Å². The number of nitrogens with zero attached hydrogens (tertiary/aromatic N) is 1. The second-order valence-corrected chi connectivity index (χ2v) is 5.99. The second-order valence-electron chi connectivity index (χ2n) is 5.99. The predicted molar refractivity (Wildman–Crippen MR) is 91.2 cm³/mol. The molecule has 1 unspecified atom stereocenters. The minimum absolute atomic E-state index is 0.170. The van der Waals surface area contributed by atoms with Crippen molar-refractivity contribution in [2.24, 2.45) is 10.7 Å². The van der Waals surface area contributed by atoms with Crippen molar-refractivity contribution in [2.45, 2.75) is 31.3 Å². The van der Waals surface area contributed by atoms with Gasteiger partial charge in [0.1, 0.15) is 0 Å². The molecule has 1 aliphatic rings. The van der Waals surface area contributed by atoms with Crippen LogP contribution < -0.4 is 11.1 Å². The summed E-state index contributed by atoms with van der Waals surface area (Å²) in [6, 6.07) is 15.5. The molecule has 22 heavy (non-hydrogen) atoms. The van der Waals surface area contributed by atoms with Gasteiger partial charge in [-0.1, -0.05) is 42.5 Å². The molecule has 0 amide bonds. The number of aliphatic imine (C=N–C) groups is 1. The third-order valence-electron chi connectivity index (χ3n) is 4.10. The number of methoxy groups -OCH3 is 1. The maximum absolute atomic E-state index is 5.98. The number of fused-ring (bicyclic) bond motifs is 1. The van der Waals surface area contributed by atoms with Crippen LogP contribution in [0, 0.1) is 0 Å². The molecule has 0 saturated heterocycles. The summed E-state index contributed by atoms with van der Waals surface area (Å²) in [6.45, 7) is 2.65. The van der Waals surface area contributed by atoms with Crippen molar-refractivity contribution in [3.63, 3.8) is 0 Å². The molecule has 4 heteroatoms. The Morgan fingerprint density at radius 2 is 2.09 bits per heavy atom. The van der Waals surface area contributed by atoms with Crippen LogP contribution in [0.5, 0.6) is 0 Å². The molecule has 2 aromatic carbocycles. The van der Waals surface area contributed by atoms with Crippen molar-refractivity contribution >= 4 is 16.7 Å². The quantitative estimate of drug-likeness (QED) is 0.659. The number of hydrogen-bond acceptors (Lipinski definition) is 2. The lowest BCUT2D eigenvalue weighted by Crippen LogP contribution is -2.40. The van der Waals surface area contributed by atoms with E-state index in [2.05, 4.69) is 52.8 Å². The highest BCUT2D eigenvalue weighted by Gasteiger charge is 2.39. The minimum atomic E-state index is 0.170. The van der Waals surface area contributed by atoms with E-state index < -0.39 is 0 Å². The number of hydrogen-bond donors (Lipinski definition) is 2. The lowest BCUT2D eigenvalue weighted by atomic mass is 10.0. The molecule has 0 radical (unpaired) electrons. The fourth-order valence-corrected chi connectivity index (χ4v) is 2.99. The number of guanidine groups is 1. The summed E-state index contributed by atoms with van der Waals surface area (Å²) in [4.78, 5) is 4.60. The Labute approximate surface area is 131 Å². The van der Waals surface area contributed by atoms with Gasteiger partial charge in [0.2, 0.25) is 0 Å². The van der Waals surface area contributed by atoms with E-state index in [0.29, 0.717) is 18.5 Å². The molecule has 3 rings (SSSR count). The van der Waals surface area contributed by atoms with E-state index in [9.17, 15) is 0 Å². The number of benzene rings is 2. The monoisotopic (exact) mass is 297 g/mol. The second kappa shape index (κ2) is 6.36. The highest BCUT2D eigenvalue weighted by Crippen LogP contribution is 2.45. The fourth-order valence-electron chi connectivity index (χ4n) is 2.99. The van der Waals surface area contributed by atoms with Crippen molar-refractivity contribution in [2.75, 3.05) is 13.7 Å². The Balaban J connectivity index is 1.71. The summed E-state index contributed by atoms with van der Waals surface area (Å²) < 4.78 is 5.09. The largest absolute Gasteiger partial charge is 0.383 e. The molecule has 4 nitrogen and oxygen atoms in total. The zero-order valence-electron chi connectivity index (χ0n) is 13.1. The first-order valence-corrected chi connectivity index (χ1v) is 7.75. The lowest BCUT2D eigenvalue weighted by Gasteiger charge is -2.13. The Kier molecular flexibility index (Phi) is 4.29. The zero-order chi connectivity index (χ0) is 15.5. The zero-order valence-corrected chi connectivity index (χ0v) is 13.1. The number of nitrogens with two attached hydrogens (primary N) is 1. The minimum Gasteiger partial charge on any atom is -0.383 e. The molecule has 1 saturated carbocycles. The average Bonchev–Trinajstić information content (AvgIpc) is 3.25. The number of ether oxygens (including phenoxy) is 1. The van der Waals surface area contributed by atoms with E-state index in [1.165, 1.54) is 16.3 Å². The first-order valence-electron chi connectivity index (χ1n) is 7.75. The van der Waals surface area contributed by atoms with E-state index in [-0.39, 0.29) is 12.1 Å². The molecule has 3 atom stereocenters. The van der Waals surface area contributed by atoms with E-state index >= 15 is 0 Å². The molecule has 1 aliphatic carbocycles. The predicted octanol–water partition coefficient (Wildman–Crippen LogP) is 2.63. The van der Waals surface area contributed by atoms with Gasteiger partial charge in [-0.15, -0.1) is 0 Å². The van der Waals surface area contributed by atoms with Gasteiger partial charge in [-0.05, 0) is 29.7 Å². The Morgan fingerprint density at radius 1 is 1.32 bits per heavy atom. The molecular weight excluding hydrogens is 274 g/mol. The third-order valence-corrected chi connectivity index (χ3v) is 4.10. The normalized spacial score (nSPS) is 22.5. The molecule has 0 bridgehead atoms. The maximum atomic E-state index is 5.98. The molecule has 2 aromatic rings. The summed E-state index contributed by atoms with van der Waals surface area (Å²) in [5.41, 5.74) is 7.36. The molecule has 0 aliphatic heterocycles. The molecule has 0 aromatic heterocycles. The molecule has 116 valence electrons. The van der Waals surface area contributed by atoms with Crippen molar-refractivity contribution in [3.05, 3.63) is 48.0 Å². The lowest BCUT2D eigenvalue weighted by molar-refractivity contribution is 0.179. The molecule has 1 fully saturated rings. The van der Waals surface area contributed by atoms with Crippen molar-refractivity contribution in [3.8, 4) is 0 Å². The molecule has 3 N–H and O–H groups in total. The van der Waals surface area contributed by atoms with Crippen LogP contribution in [0.15, 0.2) is 47.5 Å². The summed E-state index contributed by atoms with van der Waals surface area (Å²) in [5, 5.41) is 5.78. The van der Waals surface area contributed by atoms with Gasteiger partial charge in [0, 0.05) is 19.1 Å². The Morgan fingerprint density at radius 3 is 2.91 bits per heavy atom. The maximum Gasteiger partial charge on any atom is 0.189 e. The standard InChI is InChI=1S/C18H23N3O/c1-12(11-22-2)20-18(19)21-17-10-16(17)15-9-5-7-13-6-3-4-8-14(13)15/h3-9,12,16-17H,10-11H2,1-2H3,(H3,19,20,21)/t12?,16-,17+/m0/s1. The SMILES string of the molecule is COCC(C)NC(N)=N[C@@H]1C[C@H]1c1cccc2ccccc12. The van der Waals surface area contributed by atoms with Gasteiger partial charge in [0.25, 0.3) is 0 Å². The Bertz CT molecular complexity index is 678. The summed E-state index contributed by atoms with van der Waals surface area (Å²) in [5.74, 6) is 0.987. The molecule has 0 spiro atoms. The molecule has 0 heterocycles. The van der Waals surface area contributed by atoms with Crippen LogP contribution in [0.2, 0.25) is 0 Å². The van der Waals surface area contributed by atoms with Crippen LogP contribution in [-0.2, 0) is 4.74 Å². The smallest absolute Gasteiger partial charge is 0.189 e. The highest BCUT2D eigenvalue weighted by atomic mass is 16.5. The average molecular weight is 297 g/mol. The van der Waals surface area contributed by atoms with Crippen molar-refractivity contribution in [1.82, 2.24) is 5.32 Å². The van der Waals surface area contributed by atoms with Gasteiger partial charge in [-0.3, -0.25) is 0 Å². The van der Waals surface area contributed by atoms with Crippen LogP contribution in [0.3, 0.4) is 0 Å². The first-order chi connectivity index (χ1) is 10.7. The van der Waals surface area contributed by atoms with Gasteiger partial charge in [-0.2, -0.15) is 0 Å². The van der Waals surface area contributed by atoms with Gasteiger partial charge < -0.3 is 15.8 Å². The summed E-state index contributed by atoms with van der Waals surface area (Å²) >= 11 is 0. The van der Waals surface area contributed by atoms with Crippen molar-refractivity contribution < 1.29 is 4.74 Å². The van der Waals surface area contributed by atoms with Crippen LogP contribution in [0.25, 0.3) is 10.8 Å². The number of rotatable bonds is 5. The first kappa shape index (κ1) is 14.9. The van der Waals surface area contributed by atoms with E-state index in [4.69, 9.17) is 10.5 Å². The van der Waals surface area contributed by atoms with Crippen LogP contribution >= 0.6 is 0 Å². The fraction of sp³-hybridized carbons (Fsp3) is 0.389. The summed E-state index contributed by atoms with van der Waals surface area (Å²) in [6.07, 6.45) is 1.06. The van der Waals surface area contributed by atoms with E-state index in [1.54, 1.807) is 7.11 Å². The van der Waals surface area contributed by atoms with Gasteiger partial charge in [0.05, 0.1) is 12.6 Å². The van der Waals surface area contributed by atoms with Gasteiger partial charge in [0.15, 0.2) is 5.96 Å². The number of nitrogens with one attached hydrogen (secondary N) is 1. The van der Waals surface area contributed by atoms with Crippen LogP contribution in [-0.4, -0.2) is 31.8 Å². The Hall–Kier alpha value is -2.07. The van der Waals surface area contributed by atoms with Gasteiger partial charge in [-0.25, -0.2) is 4.99 Å². The third kappa shape index (κ3) is 3.22. The van der Waals surface area contributed by atoms with Gasteiger partial charge >= 0.3 is 0 Å². The summed E-state index contributed by atoms with van der Waals surface area (Å²) in [7, 11) is 1.68. The highest BCUT2D eigenvalue weighted by molar-refractivity contribution is 5.87. The van der Waals surface area contributed by atoms with E-state index in [0.717, 1.165) is 6.42 Å². The topological polar surface area (TPSA) is 59.6 Å².